The van der Waals surface area contributed by atoms with Gasteiger partial charge in [0.15, 0.2) is 9.84 Å². The molecule has 0 saturated carbocycles. The normalized spacial score (nSPS) is 12.9. The molecule has 1 heterocycles. The number of rotatable bonds is 2. The molecule has 0 atom stereocenters. The number of allylic oxidation sites excluding steroid dienone is 1. The molecule has 0 saturated heterocycles. The lowest BCUT2D eigenvalue weighted by Gasteiger charge is -1.98. The van der Waals surface area contributed by atoms with E-state index in [1.54, 1.807) is 25.4 Å². The molecule has 0 aromatic carbocycles. The molecule has 70 valence electrons. The van der Waals surface area contributed by atoms with Crippen LogP contribution in [0.3, 0.4) is 0 Å². The summed E-state index contributed by atoms with van der Waals surface area (Å²) in [4.78, 5) is 3.90. The van der Waals surface area contributed by atoms with Gasteiger partial charge in [-0.05, 0) is 24.1 Å². The summed E-state index contributed by atoms with van der Waals surface area (Å²) in [5.41, 5.74) is 1.53. The van der Waals surface area contributed by atoms with E-state index in [1.165, 1.54) is 11.7 Å². The van der Waals surface area contributed by atoms with E-state index in [2.05, 4.69) is 4.98 Å². The van der Waals surface area contributed by atoms with E-state index >= 15 is 0 Å². The maximum Gasteiger partial charge on any atom is 0.169 e. The Morgan fingerprint density at radius 3 is 2.69 bits per heavy atom. The quantitative estimate of drug-likeness (QED) is 0.721. The van der Waals surface area contributed by atoms with E-state index in [9.17, 15) is 8.42 Å². The summed E-state index contributed by atoms with van der Waals surface area (Å²) in [5.74, 6) is 0. The van der Waals surface area contributed by atoms with Crippen molar-refractivity contribution in [2.45, 2.75) is 6.92 Å². The van der Waals surface area contributed by atoms with Crippen molar-refractivity contribution < 1.29 is 8.42 Å². The van der Waals surface area contributed by atoms with Crippen molar-refractivity contribution in [2.24, 2.45) is 0 Å². The van der Waals surface area contributed by atoms with Crippen LogP contribution in [-0.2, 0) is 9.84 Å². The lowest BCUT2D eigenvalue weighted by atomic mass is 10.2. The zero-order valence-corrected chi connectivity index (χ0v) is 8.38. The van der Waals surface area contributed by atoms with Crippen molar-refractivity contribution in [2.75, 3.05) is 6.26 Å². The second-order valence-electron chi connectivity index (χ2n) is 2.87. The Morgan fingerprint density at radius 2 is 2.23 bits per heavy atom. The minimum atomic E-state index is -3.06. The van der Waals surface area contributed by atoms with E-state index in [0.717, 1.165) is 5.56 Å². The molecule has 4 heteroatoms. The minimum Gasteiger partial charge on any atom is -0.264 e. The van der Waals surface area contributed by atoms with Gasteiger partial charge in [0, 0.05) is 24.1 Å². The molecule has 0 unspecified atom stereocenters. The van der Waals surface area contributed by atoms with Gasteiger partial charge >= 0.3 is 0 Å². The highest BCUT2D eigenvalue weighted by Crippen LogP contribution is 2.12. The lowest BCUT2D eigenvalue weighted by molar-refractivity contribution is 0.610. The SMILES string of the molecule is C/C(=C/S(C)(=O)=O)c1cccnc1. The van der Waals surface area contributed by atoms with Crippen LogP contribution < -0.4 is 0 Å². The Bertz CT molecular complexity index is 407. The van der Waals surface area contributed by atoms with Gasteiger partial charge in [-0.15, -0.1) is 0 Å². The van der Waals surface area contributed by atoms with Crippen molar-refractivity contribution in [1.29, 1.82) is 0 Å². The highest BCUT2D eigenvalue weighted by atomic mass is 32.2. The Hall–Kier alpha value is -1.16. The minimum absolute atomic E-state index is 0.704. The number of pyridine rings is 1. The van der Waals surface area contributed by atoms with Crippen LogP contribution in [0, 0.1) is 0 Å². The number of sulfone groups is 1. The van der Waals surface area contributed by atoms with Gasteiger partial charge in [0.25, 0.3) is 0 Å². The third kappa shape index (κ3) is 3.38. The van der Waals surface area contributed by atoms with Crippen LogP contribution in [-0.4, -0.2) is 19.7 Å². The van der Waals surface area contributed by atoms with Gasteiger partial charge in [-0.1, -0.05) is 6.07 Å². The molecule has 13 heavy (non-hydrogen) atoms. The van der Waals surface area contributed by atoms with Crippen LogP contribution in [0.5, 0.6) is 0 Å². The monoisotopic (exact) mass is 197 g/mol. The fourth-order valence-electron chi connectivity index (χ4n) is 0.985. The first-order valence-electron chi connectivity index (χ1n) is 3.78. The molecule has 0 bridgehead atoms. The molecule has 0 aliphatic carbocycles. The van der Waals surface area contributed by atoms with Gasteiger partial charge in [0.1, 0.15) is 0 Å². The van der Waals surface area contributed by atoms with Gasteiger partial charge in [-0.3, -0.25) is 4.98 Å². The largest absolute Gasteiger partial charge is 0.264 e. The summed E-state index contributed by atoms with van der Waals surface area (Å²) >= 11 is 0. The van der Waals surface area contributed by atoms with Gasteiger partial charge in [-0.2, -0.15) is 0 Å². The van der Waals surface area contributed by atoms with E-state index in [1.807, 2.05) is 6.07 Å². The summed E-state index contributed by atoms with van der Waals surface area (Å²) in [7, 11) is -3.06. The van der Waals surface area contributed by atoms with Crippen LogP contribution in [0.4, 0.5) is 0 Å². The first-order valence-corrected chi connectivity index (χ1v) is 5.73. The van der Waals surface area contributed by atoms with E-state index < -0.39 is 9.84 Å². The molecule has 1 rings (SSSR count). The van der Waals surface area contributed by atoms with E-state index in [4.69, 9.17) is 0 Å². The number of aromatic nitrogens is 1. The second-order valence-corrected chi connectivity index (χ2v) is 4.77. The van der Waals surface area contributed by atoms with E-state index in [-0.39, 0.29) is 0 Å². The third-order valence-corrected chi connectivity index (χ3v) is 2.29. The van der Waals surface area contributed by atoms with Crippen molar-refractivity contribution in [3.8, 4) is 0 Å². The first-order chi connectivity index (χ1) is 5.99. The second kappa shape index (κ2) is 3.70. The molecule has 0 amide bonds. The summed E-state index contributed by atoms with van der Waals surface area (Å²) < 4.78 is 21.8. The highest BCUT2D eigenvalue weighted by Gasteiger charge is 2.00. The van der Waals surface area contributed by atoms with Crippen molar-refractivity contribution in [1.82, 2.24) is 4.98 Å². The van der Waals surface area contributed by atoms with Gasteiger partial charge < -0.3 is 0 Å². The summed E-state index contributed by atoms with van der Waals surface area (Å²) in [5, 5.41) is 1.24. The van der Waals surface area contributed by atoms with Crippen LogP contribution in [0.25, 0.3) is 5.57 Å². The maximum atomic E-state index is 10.9. The molecule has 0 spiro atoms. The molecular weight excluding hydrogens is 186 g/mol. The zero-order chi connectivity index (χ0) is 9.90. The van der Waals surface area contributed by atoms with Crippen molar-refractivity contribution in [3.05, 3.63) is 35.5 Å². The van der Waals surface area contributed by atoms with Crippen LogP contribution in [0.1, 0.15) is 12.5 Å². The molecule has 0 radical (unpaired) electrons. The fraction of sp³-hybridized carbons (Fsp3) is 0.222. The average Bonchev–Trinajstić information content (AvgIpc) is 2.03. The molecular formula is C9H11NO2S. The predicted molar refractivity (Wildman–Crippen MR) is 52.7 cm³/mol. The predicted octanol–water partition coefficient (Wildman–Crippen LogP) is 1.49. The molecule has 3 nitrogen and oxygen atoms in total. The fourth-order valence-corrected chi connectivity index (χ4v) is 1.76. The van der Waals surface area contributed by atoms with Crippen LogP contribution in [0.15, 0.2) is 29.9 Å². The standard InChI is InChI=1S/C9H11NO2S/c1-8(7-13(2,11)12)9-4-3-5-10-6-9/h3-7H,1-2H3/b8-7-. The molecule has 1 aromatic rings. The number of nitrogens with zero attached hydrogens (tertiary/aromatic N) is 1. The van der Waals surface area contributed by atoms with Crippen LogP contribution in [0.2, 0.25) is 0 Å². The number of hydrogen-bond donors (Lipinski definition) is 0. The Labute approximate surface area is 78.0 Å². The van der Waals surface area contributed by atoms with Gasteiger partial charge in [0.2, 0.25) is 0 Å². The molecule has 0 N–H and O–H groups in total. The Kier molecular flexibility index (Phi) is 2.83. The van der Waals surface area contributed by atoms with Crippen LogP contribution >= 0.6 is 0 Å². The molecule has 0 aliphatic rings. The smallest absolute Gasteiger partial charge is 0.169 e. The summed E-state index contributed by atoms with van der Waals surface area (Å²) in [6, 6.07) is 3.60. The molecule has 0 fully saturated rings. The molecule has 0 aliphatic heterocycles. The van der Waals surface area contributed by atoms with Crippen molar-refractivity contribution in [3.63, 3.8) is 0 Å². The summed E-state index contributed by atoms with van der Waals surface area (Å²) in [6.07, 6.45) is 4.46. The van der Waals surface area contributed by atoms with E-state index in [0.29, 0.717) is 5.57 Å². The molecule has 1 aromatic heterocycles. The Morgan fingerprint density at radius 1 is 1.54 bits per heavy atom. The Balaban J connectivity index is 3.06. The van der Waals surface area contributed by atoms with Gasteiger partial charge in [0.05, 0.1) is 0 Å². The number of hydrogen-bond acceptors (Lipinski definition) is 3. The topological polar surface area (TPSA) is 47.0 Å². The van der Waals surface area contributed by atoms with Crippen molar-refractivity contribution >= 4 is 15.4 Å². The third-order valence-electron chi connectivity index (χ3n) is 1.51. The average molecular weight is 197 g/mol. The zero-order valence-electron chi connectivity index (χ0n) is 7.56. The maximum absolute atomic E-state index is 10.9. The van der Waals surface area contributed by atoms with Gasteiger partial charge in [-0.25, -0.2) is 8.42 Å². The first kappa shape index (κ1) is 9.92. The summed E-state index contributed by atoms with van der Waals surface area (Å²) in [6.45, 7) is 1.75. The highest BCUT2D eigenvalue weighted by molar-refractivity contribution is 7.93. The lowest BCUT2D eigenvalue weighted by Crippen LogP contribution is -1.91.